The second-order valence-electron chi connectivity index (χ2n) is 5.57. The van der Waals surface area contributed by atoms with Gasteiger partial charge < -0.3 is 10.4 Å². The maximum atomic E-state index is 12.1. The Labute approximate surface area is 134 Å². The number of rotatable bonds is 6. The van der Waals surface area contributed by atoms with Gasteiger partial charge in [0.2, 0.25) is 0 Å². The molecule has 0 fully saturated rings. The fraction of sp³-hybridized carbons (Fsp3) is 0.375. The number of benzene rings is 1. The Morgan fingerprint density at radius 1 is 1.27 bits per heavy atom. The van der Waals surface area contributed by atoms with Crippen LogP contribution in [0.25, 0.3) is 0 Å². The van der Waals surface area contributed by atoms with Crippen LogP contribution in [-0.4, -0.2) is 31.9 Å². The third-order valence-electron chi connectivity index (χ3n) is 3.95. The van der Waals surface area contributed by atoms with Gasteiger partial charge in [-0.15, -0.1) is 11.3 Å². The van der Waals surface area contributed by atoms with Gasteiger partial charge in [-0.25, -0.2) is 8.42 Å². The third kappa shape index (κ3) is 3.41. The standard InChI is InChI=1S/C16H19NO3S2/c18-13(11-22(19,20)16-6-3-9-21-16)10-17-15-8-7-12-4-1-2-5-14(12)15/h1-6,9,13,15,17-18H,7-8,10-11H2/t13-,15-/m1/s1. The molecule has 0 radical (unpaired) electrons. The summed E-state index contributed by atoms with van der Waals surface area (Å²) in [4.78, 5) is 0. The van der Waals surface area contributed by atoms with E-state index in [0.717, 1.165) is 12.8 Å². The first-order valence-electron chi connectivity index (χ1n) is 7.32. The predicted molar refractivity (Wildman–Crippen MR) is 87.9 cm³/mol. The molecule has 0 aliphatic heterocycles. The topological polar surface area (TPSA) is 66.4 Å². The molecule has 1 aromatic heterocycles. The molecule has 0 amide bonds. The van der Waals surface area contributed by atoms with Crippen LogP contribution in [0.4, 0.5) is 0 Å². The summed E-state index contributed by atoms with van der Waals surface area (Å²) >= 11 is 1.19. The van der Waals surface area contributed by atoms with Crippen molar-refractivity contribution in [2.75, 3.05) is 12.3 Å². The molecule has 118 valence electrons. The van der Waals surface area contributed by atoms with Crippen LogP contribution in [-0.2, 0) is 16.3 Å². The number of thiophene rings is 1. The zero-order valence-electron chi connectivity index (χ0n) is 12.1. The number of aliphatic hydroxyl groups is 1. The summed E-state index contributed by atoms with van der Waals surface area (Å²) in [6, 6.07) is 11.7. The lowest BCUT2D eigenvalue weighted by atomic mass is 10.1. The Morgan fingerprint density at radius 2 is 2.09 bits per heavy atom. The number of fused-ring (bicyclic) bond motifs is 1. The summed E-state index contributed by atoms with van der Waals surface area (Å²) in [6.07, 6.45) is 1.11. The van der Waals surface area contributed by atoms with Gasteiger partial charge in [-0.3, -0.25) is 0 Å². The number of aryl methyl sites for hydroxylation is 1. The summed E-state index contributed by atoms with van der Waals surface area (Å²) in [5.74, 6) is -0.241. The zero-order chi connectivity index (χ0) is 15.6. The van der Waals surface area contributed by atoms with E-state index in [-0.39, 0.29) is 18.3 Å². The number of nitrogens with one attached hydrogen (secondary N) is 1. The second-order valence-corrected chi connectivity index (χ2v) is 8.77. The van der Waals surface area contributed by atoms with Crippen molar-refractivity contribution in [1.29, 1.82) is 0 Å². The van der Waals surface area contributed by atoms with E-state index in [1.807, 2.05) is 12.1 Å². The maximum absolute atomic E-state index is 12.1. The lowest BCUT2D eigenvalue weighted by molar-refractivity contribution is 0.188. The average Bonchev–Trinajstić information content (AvgIpc) is 3.15. The number of hydrogen-bond acceptors (Lipinski definition) is 5. The molecule has 3 rings (SSSR count). The molecular formula is C16H19NO3S2. The van der Waals surface area contributed by atoms with E-state index >= 15 is 0 Å². The summed E-state index contributed by atoms with van der Waals surface area (Å²) in [7, 11) is -3.39. The molecule has 0 saturated carbocycles. The molecule has 0 bridgehead atoms. The van der Waals surface area contributed by atoms with Gasteiger partial charge in [-0.2, -0.15) is 0 Å². The Bertz CT molecular complexity index is 726. The lowest BCUT2D eigenvalue weighted by Crippen LogP contribution is -2.34. The molecule has 1 heterocycles. The normalized spacial score (nSPS) is 19.0. The van der Waals surface area contributed by atoms with Gasteiger partial charge in [0.1, 0.15) is 4.21 Å². The molecule has 1 aliphatic rings. The molecule has 2 atom stereocenters. The third-order valence-corrected chi connectivity index (χ3v) is 7.23. The fourth-order valence-electron chi connectivity index (χ4n) is 2.88. The van der Waals surface area contributed by atoms with Gasteiger partial charge in [0.05, 0.1) is 11.9 Å². The van der Waals surface area contributed by atoms with Crippen LogP contribution in [0, 0.1) is 0 Å². The van der Waals surface area contributed by atoms with E-state index in [0.29, 0.717) is 4.21 Å². The van der Waals surface area contributed by atoms with Crippen molar-refractivity contribution >= 4 is 21.2 Å². The Hall–Kier alpha value is -1.21. The molecule has 2 aromatic rings. The van der Waals surface area contributed by atoms with Crippen LogP contribution in [0.2, 0.25) is 0 Å². The monoisotopic (exact) mass is 337 g/mol. The number of sulfone groups is 1. The number of aliphatic hydroxyl groups excluding tert-OH is 1. The number of hydrogen-bond donors (Lipinski definition) is 2. The smallest absolute Gasteiger partial charge is 0.190 e. The molecule has 4 nitrogen and oxygen atoms in total. The Morgan fingerprint density at radius 3 is 2.86 bits per heavy atom. The van der Waals surface area contributed by atoms with Gasteiger partial charge in [0, 0.05) is 12.6 Å². The largest absolute Gasteiger partial charge is 0.391 e. The molecule has 0 saturated heterocycles. The van der Waals surface area contributed by atoms with Crippen LogP contribution < -0.4 is 5.32 Å². The molecule has 0 unspecified atom stereocenters. The van der Waals surface area contributed by atoms with Crippen LogP contribution >= 0.6 is 11.3 Å². The van der Waals surface area contributed by atoms with Gasteiger partial charge >= 0.3 is 0 Å². The highest BCUT2D eigenvalue weighted by Crippen LogP contribution is 2.30. The van der Waals surface area contributed by atoms with Crippen LogP contribution in [0.5, 0.6) is 0 Å². The molecule has 0 spiro atoms. The first kappa shape index (κ1) is 15.7. The minimum Gasteiger partial charge on any atom is -0.391 e. The van der Waals surface area contributed by atoms with E-state index in [2.05, 4.69) is 17.4 Å². The van der Waals surface area contributed by atoms with E-state index in [1.165, 1.54) is 22.5 Å². The minimum absolute atomic E-state index is 0.204. The van der Waals surface area contributed by atoms with E-state index < -0.39 is 15.9 Å². The summed E-state index contributed by atoms with van der Waals surface area (Å²) in [6.45, 7) is 0.281. The molecule has 6 heteroatoms. The van der Waals surface area contributed by atoms with Crippen molar-refractivity contribution in [3.63, 3.8) is 0 Å². The van der Waals surface area contributed by atoms with Gasteiger partial charge in [-0.05, 0) is 35.4 Å². The van der Waals surface area contributed by atoms with Crippen molar-refractivity contribution in [1.82, 2.24) is 5.32 Å². The predicted octanol–water partition coefficient (Wildman–Crippen LogP) is 2.16. The molecular weight excluding hydrogens is 318 g/mol. The van der Waals surface area contributed by atoms with Gasteiger partial charge in [0.15, 0.2) is 9.84 Å². The van der Waals surface area contributed by atoms with Crippen molar-refractivity contribution in [2.24, 2.45) is 0 Å². The Balaban J connectivity index is 1.57. The van der Waals surface area contributed by atoms with Gasteiger partial charge in [0.25, 0.3) is 0 Å². The van der Waals surface area contributed by atoms with Crippen molar-refractivity contribution < 1.29 is 13.5 Å². The quantitative estimate of drug-likeness (QED) is 0.848. The first-order valence-corrected chi connectivity index (χ1v) is 9.85. The molecule has 22 heavy (non-hydrogen) atoms. The van der Waals surface area contributed by atoms with Crippen LogP contribution in [0.1, 0.15) is 23.6 Å². The van der Waals surface area contributed by atoms with Gasteiger partial charge in [-0.1, -0.05) is 30.3 Å². The Kier molecular flexibility index (Phi) is 4.63. The average molecular weight is 337 g/mol. The van der Waals surface area contributed by atoms with E-state index in [9.17, 15) is 13.5 Å². The SMILES string of the molecule is O=S(=O)(C[C@H](O)CN[C@@H]1CCc2ccccc21)c1cccs1. The molecule has 2 N–H and O–H groups in total. The minimum atomic E-state index is -3.39. The highest BCUT2D eigenvalue weighted by Gasteiger charge is 2.24. The highest BCUT2D eigenvalue weighted by molar-refractivity contribution is 7.93. The summed E-state index contributed by atoms with van der Waals surface area (Å²) in [5.41, 5.74) is 2.59. The summed E-state index contributed by atoms with van der Waals surface area (Å²) < 4.78 is 24.6. The lowest BCUT2D eigenvalue weighted by Gasteiger charge is -2.17. The molecule has 1 aromatic carbocycles. The van der Waals surface area contributed by atoms with Crippen LogP contribution in [0.3, 0.4) is 0 Å². The molecule has 1 aliphatic carbocycles. The van der Waals surface area contributed by atoms with Crippen molar-refractivity contribution in [3.8, 4) is 0 Å². The fourth-order valence-corrected chi connectivity index (χ4v) is 5.36. The maximum Gasteiger partial charge on any atom is 0.190 e. The zero-order valence-corrected chi connectivity index (χ0v) is 13.7. The van der Waals surface area contributed by atoms with E-state index in [4.69, 9.17) is 0 Å². The highest BCUT2D eigenvalue weighted by atomic mass is 32.2. The van der Waals surface area contributed by atoms with E-state index in [1.54, 1.807) is 17.5 Å². The summed E-state index contributed by atoms with van der Waals surface area (Å²) in [5, 5.41) is 15.1. The van der Waals surface area contributed by atoms with Crippen molar-refractivity contribution in [2.45, 2.75) is 29.2 Å². The first-order chi connectivity index (χ1) is 10.6. The van der Waals surface area contributed by atoms with Crippen LogP contribution in [0.15, 0.2) is 46.0 Å². The second kappa shape index (κ2) is 6.50. The van der Waals surface area contributed by atoms with Crippen molar-refractivity contribution in [3.05, 3.63) is 52.9 Å².